The van der Waals surface area contributed by atoms with Gasteiger partial charge < -0.3 is 15.7 Å². The average molecular weight is 343 g/mol. The molecule has 0 aliphatic carbocycles. The number of halogens is 2. The molecule has 1 saturated heterocycles. The van der Waals surface area contributed by atoms with E-state index in [0.717, 1.165) is 5.69 Å². The quantitative estimate of drug-likeness (QED) is 0.791. The number of nitrogens with zero attached hydrogens (tertiary/aromatic N) is 2. The van der Waals surface area contributed by atoms with Crippen molar-refractivity contribution in [1.82, 2.24) is 15.1 Å². The number of hydrogen-bond donors (Lipinski definition) is 3. The third-order valence-electron chi connectivity index (χ3n) is 3.39. The molecular weight excluding hydrogens is 327 g/mol. The summed E-state index contributed by atoms with van der Waals surface area (Å²) in [6.45, 7) is 0.442. The van der Waals surface area contributed by atoms with E-state index in [4.69, 9.17) is 11.6 Å². The monoisotopic (exact) mass is 342 g/mol. The first-order chi connectivity index (χ1) is 10.1. The Bertz CT molecular complexity index is 648. The molecule has 1 aromatic heterocycles. The summed E-state index contributed by atoms with van der Waals surface area (Å²) in [6, 6.07) is 6.68. The number of hydrogen-bond acceptors (Lipinski definition) is 4. The number of amides is 1. The maximum Gasteiger partial charge on any atom is 0.241 e. The second kappa shape index (κ2) is 7.11. The smallest absolute Gasteiger partial charge is 0.241 e. The van der Waals surface area contributed by atoms with Gasteiger partial charge in [0.25, 0.3) is 0 Å². The molecule has 2 heterocycles. The van der Waals surface area contributed by atoms with Crippen molar-refractivity contribution in [2.24, 2.45) is 0 Å². The van der Waals surface area contributed by atoms with Gasteiger partial charge in [0, 0.05) is 24.6 Å². The molecule has 22 heavy (non-hydrogen) atoms. The lowest BCUT2D eigenvalue weighted by Gasteiger charge is -2.12. The van der Waals surface area contributed by atoms with Crippen LogP contribution in [0.15, 0.2) is 36.7 Å². The highest BCUT2D eigenvalue weighted by atomic mass is 35.5. The lowest BCUT2D eigenvalue weighted by Crippen LogP contribution is -2.35. The molecule has 2 atom stereocenters. The predicted octanol–water partition coefficient (Wildman–Crippen LogP) is 1.61. The van der Waals surface area contributed by atoms with Gasteiger partial charge in [-0.05, 0) is 30.7 Å². The van der Waals surface area contributed by atoms with Gasteiger partial charge in [0.2, 0.25) is 5.91 Å². The fraction of sp³-hybridized carbons (Fsp3) is 0.286. The number of anilines is 1. The third-order valence-corrected chi connectivity index (χ3v) is 3.69. The summed E-state index contributed by atoms with van der Waals surface area (Å²) < 4.78 is 1.66. The van der Waals surface area contributed by atoms with Crippen LogP contribution in [0.2, 0.25) is 5.02 Å². The summed E-state index contributed by atoms with van der Waals surface area (Å²) in [5.41, 5.74) is 1.36. The topological polar surface area (TPSA) is 79.2 Å². The number of β-amino-alcohol motifs (C(OH)–C–C–N with tert-alkyl or cyclic N) is 1. The van der Waals surface area contributed by atoms with Gasteiger partial charge in [0.15, 0.2) is 0 Å². The highest BCUT2D eigenvalue weighted by Gasteiger charge is 2.28. The summed E-state index contributed by atoms with van der Waals surface area (Å²) in [4.78, 5) is 12.0. The summed E-state index contributed by atoms with van der Waals surface area (Å²) in [5, 5.41) is 19.8. The van der Waals surface area contributed by atoms with Crippen LogP contribution in [0.4, 0.5) is 5.69 Å². The van der Waals surface area contributed by atoms with Gasteiger partial charge in [0.1, 0.15) is 0 Å². The summed E-state index contributed by atoms with van der Waals surface area (Å²) in [5.74, 6) is -0.172. The number of aliphatic hydroxyl groups excluding tert-OH is 1. The van der Waals surface area contributed by atoms with Gasteiger partial charge in [-0.2, -0.15) is 5.10 Å². The number of benzene rings is 1. The maximum atomic E-state index is 12.0. The van der Waals surface area contributed by atoms with Crippen LogP contribution in [0.25, 0.3) is 5.69 Å². The molecule has 1 aromatic carbocycles. The van der Waals surface area contributed by atoms with Gasteiger partial charge in [-0.3, -0.25) is 4.79 Å². The second-order valence-electron chi connectivity index (χ2n) is 4.96. The Morgan fingerprint density at radius 2 is 2.32 bits per heavy atom. The van der Waals surface area contributed by atoms with Crippen LogP contribution in [0.5, 0.6) is 0 Å². The number of aromatic nitrogens is 2. The molecule has 1 amide bonds. The van der Waals surface area contributed by atoms with Crippen LogP contribution in [0, 0.1) is 0 Å². The van der Waals surface area contributed by atoms with Crippen LogP contribution in [-0.2, 0) is 4.79 Å². The van der Waals surface area contributed by atoms with Gasteiger partial charge in [0.05, 0.1) is 22.9 Å². The zero-order valence-corrected chi connectivity index (χ0v) is 13.1. The molecular formula is C14H16Cl2N4O2. The minimum atomic E-state index is -0.466. The third kappa shape index (κ3) is 3.59. The van der Waals surface area contributed by atoms with E-state index in [1.807, 2.05) is 6.07 Å². The van der Waals surface area contributed by atoms with Gasteiger partial charge in [-0.1, -0.05) is 11.6 Å². The van der Waals surface area contributed by atoms with Crippen molar-refractivity contribution >= 4 is 35.6 Å². The molecule has 2 unspecified atom stereocenters. The molecule has 1 aliphatic rings. The first-order valence-electron chi connectivity index (χ1n) is 6.65. The molecule has 0 radical (unpaired) electrons. The number of nitrogens with one attached hydrogen (secondary N) is 2. The number of aliphatic hydroxyl groups is 1. The van der Waals surface area contributed by atoms with Crippen LogP contribution in [-0.4, -0.2) is 39.5 Å². The minimum Gasteiger partial charge on any atom is -0.392 e. The first-order valence-corrected chi connectivity index (χ1v) is 7.03. The van der Waals surface area contributed by atoms with Crippen LogP contribution < -0.4 is 10.6 Å². The van der Waals surface area contributed by atoms with Crippen LogP contribution in [0.1, 0.15) is 6.42 Å². The van der Waals surface area contributed by atoms with Gasteiger partial charge in [-0.25, -0.2) is 4.68 Å². The van der Waals surface area contributed by atoms with Crippen molar-refractivity contribution in [1.29, 1.82) is 0 Å². The highest BCUT2D eigenvalue weighted by Crippen LogP contribution is 2.24. The summed E-state index contributed by atoms with van der Waals surface area (Å²) in [6.07, 6.45) is 3.42. The average Bonchev–Trinajstić information content (AvgIpc) is 3.10. The summed E-state index contributed by atoms with van der Waals surface area (Å²) >= 11 is 6.22. The van der Waals surface area contributed by atoms with E-state index in [0.29, 0.717) is 23.7 Å². The number of carbonyl (C=O) groups is 1. The molecule has 0 spiro atoms. The van der Waals surface area contributed by atoms with E-state index in [1.54, 1.807) is 35.3 Å². The van der Waals surface area contributed by atoms with Crippen molar-refractivity contribution in [2.75, 3.05) is 11.9 Å². The Morgan fingerprint density at radius 1 is 1.50 bits per heavy atom. The normalized spacial score (nSPS) is 20.5. The van der Waals surface area contributed by atoms with Crippen molar-refractivity contribution < 1.29 is 9.90 Å². The SMILES string of the molecule is Cl.O=C(Nc1ccc(-n2cccn2)c(Cl)c1)C1CC(O)CN1. The molecule has 3 N–H and O–H groups in total. The maximum absolute atomic E-state index is 12.0. The van der Waals surface area contributed by atoms with Crippen LogP contribution >= 0.6 is 24.0 Å². The lowest BCUT2D eigenvalue weighted by atomic mass is 10.2. The Balaban J connectivity index is 0.00000176. The van der Waals surface area contributed by atoms with E-state index in [2.05, 4.69) is 15.7 Å². The molecule has 8 heteroatoms. The van der Waals surface area contributed by atoms with Crippen molar-refractivity contribution in [3.8, 4) is 5.69 Å². The van der Waals surface area contributed by atoms with E-state index in [1.165, 1.54) is 0 Å². The largest absolute Gasteiger partial charge is 0.392 e. The zero-order chi connectivity index (χ0) is 14.8. The number of carbonyl (C=O) groups excluding carboxylic acids is 1. The Labute approximate surface area is 138 Å². The van der Waals surface area contributed by atoms with E-state index in [-0.39, 0.29) is 24.4 Å². The molecule has 0 saturated carbocycles. The van der Waals surface area contributed by atoms with E-state index in [9.17, 15) is 9.90 Å². The Hall–Kier alpha value is -1.60. The minimum absolute atomic E-state index is 0. The zero-order valence-electron chi connectivity index (χ0n) is 11.6. The van der Waals surface area contributed by atoms with Crippen molar-refractivity contribution in [3.05, 3.63) is 41.7 Å². The van der Waals surface area contributed by atoms with Gasteiger partial charge >= 0.3 is 0 Å². The fourth-order valence-electron chi connectivity index (χ4n) is 2.33. The van der Waals surface area contributed by atoms with Crippen molar-refractivity contribution in [2.45, 2.75) is 18.6 Å². The van der Waals surface area contributed by atoms with Crippen LogP contribution in [0.3, 0.4) is 0 Å². The predicted molar refractivity (Wildman–Crippen MR) is 86.9 cm³/mol. The molecule has 3 rings (SSSR count). The Morgan fingerprint density at radius 3 is 2.91 bits per heavy atom. The summed E-state index contributed by atoms with van der Waals surface area (Å²) in [7, 11) is 0. The fourth-order valence-corrected chi connectivity index (χ4v) is 2.60. The number of rotatable bonds is 3. The van der Waals surface area contributed by atoms with E-state index < -0.39 is 6.10 Å². The lowest BCUT2D eigenvalue weighted by molar-refractivity contribution is -0.117. The van der Waals surface area contributed by atoms with E-state index >= 15 is 0 Å². The molecule has 118 valence electrons. The second-order valence-corrected chi connectivity index (χ2v) is 5.36. The molecule has 0 bridgehead atoms. The molecule has 1 aliphatic heterocycles. The first kappa shape index (κ1) is 16.8. The standard InChI is InChI=1S/C14H15ClN4O2.ClH/c15-11-6-9(2-3-13(11)19-5-1-4-17-19)18-14(21)12-7-10(20)8-16-12;/h1-6,10,12,16,20H,7-8H2,(H,18,21);1H. The molecule has 2 aromatic rings. The molecule has 1 fully saturated rings. The highest BCUT2D eigenvalue weighted by molar-refractivity contribution is 6.32. The molecule has 6 nitrogen and oxygen atoms in total. The van der Waals surface area contributed by atoms with Gasteiger partial charge in [-0.15, -0.1) is 12.4 Å². The Kier molecular flexibility index (Phi) is 5.42. The van der Waals surface area contributed by atoms with Crippen molar-refractivity contribution in [3.63, 3.8) is 0 Å².